The van der Waals surface area contributed by atoms with Crippen LogP contribution in [0, 0.1) is 23.5 Å². The Balaban J connectivity index is 2.10. The molecule has 0 aliphatic heterocycles. The van der Waals surface area contributed by atoms with E-state index in [-0.39, 0.29) is 5.56 Å². The van der Waals surface area contributed by atoms with Crippen molar-refractivity contribution >= 4 is 0 Å². The molecule has 2 rings (SSSR count). The Morgan fingerprint density at radius 3 is 2.28 bits per heavy atom. The third kappa shape index (κ3) is 5.60. The summed E-state index contributed by atoms with van der Waals surface area (Å²) in [6, 6.07) is 10.5. The van der Waals surface area contributed by atoms with Gasteiger partial charge in [0.25, 0.3) is 0 Å². The summed E-state index contributed by atoms with van der Waals surface area (Å²) in [5.74, 6) is 4.74. The summed E-state index contributed by atoms with van der Waals surface area (Å²) in [6.07, 6.45) is 4.44. The first-order valence-electron chi connectivity index (χ1n) is 8.87. The molecule has 0 heterocycles. The van der Waals surface area contributed by atoms with E-state index in [1.165, 1.54) is 0 Å². The molecule has 25 heavy (non-hydrogen) atoms. The van der Waals surface area contributed by atoms with Crippen LogP contribution < -0.4 is 4.74 Å². The second-order valence-corrected chi connectivity index (χ2v) is 5.98. The van der Waals surface area contributed by atoms with Gasteiger partial charge in [0, 0.05) is 5.56 Å². The lowest BCUT2D eigenvalue weighted by atomic mass is 10.0. The molecule has 2 aromatic carbocycles. The molecule has 0 unspecified atom stereocenters. The van der Waals surface area contributed by atoms with E-state index in [4.69, 9.17) is 4.74 Å². The zero-order valence-electron chi connectivity index (χ0n) is 14.9. The Hall–Kier alpha value is -2.34. The minimum Gasteiger partial charge on any atom is -0.494 e. The van der Waals surface area contributed by atoms with Crippen LogP contribution in [0.4, 0.5) is 8.78 Å². The van der Waals surface area contributed by atoms with Crippen LogP contribution in [0.5, 0.6) is 5.75 Å². The smallest absolute Gasteiger partial charge is 0.174 e. The summed E-state index contributed by atoms with van der Waals surface area (Å²) in [5.41, 5.74) is 1.24. The molecule has 3 heteroatoms. The van der Waals surface area contributed by atoms with Gasteiger partial charge in [-0.1, -0.05) is 44.6 Å². The van der Waals surface area contributed by atoms with Crippen LogP contribution in [-0.2, 0) is 6.42 Å². The molecule has 0 aliphatic carbocycles. The van der Waals surface area contributed by atoms with Gasteiger partial charge in [-0.05, 0) is 55.2 Å². The van der Waals surface area contributed by atoms with Crippen molar-refractivity contribution in [1.29, 1.82) is 0 Å². The summed E-state index contributed by atoms with van der Waals surface area (Å²) >= 11 is 0. The monoisotopic (exact) mass is 342 g/mol. The summed E-state index contributed by atoms with van der Waals surface area (Å²) in [6.45, 7) is 4.79. The van der Waals surface area contributed by atoms with Gasteiger partial charge in [0.1, 0.15) is 5.75 Å². The molecule has 0 saturated carbocycles. The first-order chi connectivity index (χ1) is 12.2. The Morgan fingerprint density at radius 2 is 1.60 bits per heavy atom. The number of ether oxygens (including phenoxy) is 1. The lowest BCUT2D eigenvalue weighted by Gasteiger charge is -2.05. The Morgan fingerprint density at radius 1 is 0.840 bits per heavy atom. The van der Waals surface area contributed by atoms with E-state index in [0.29, 0.717) is 18.6 Å². The summed E-state index contributed by atoms with van der Waals surface area (Å²) < 4.78 is 33.8. The van der Waals surface area contributed by atoms with Gasteiger partial charge in [-0.2, -0.15) is 0 Å². The van der Waals surface area contributed by atoms with Crippen LogP contribution in [0.2, 0.25) is 0 Å². The highest BCUT2D eigenvalue weighted by atomic mass is 19.2. The Bertz CT molecular complexity index is 739. The van der Waals surface area contributed by atoms with Crippen molar-refractivity contribution in [2.45, 2.75) is 46.0 Å². The molecule has 0 fully saturated rings. The van der Waals surface area contributed by atoms with Crippen molar-refractivity contribution in [2.24, 2.45) is 0 Å². The maximum Gasteiger partial charge on any atom is 0.174 e. The molecule has 0 aliphatic rings. The van der Waals surface area contributed by atoms with Crippen molar-refractivity contribution < 1.29 is 13.5 Å². The van der Waals surface area contributed by atoms with E-state index >= 15 is 0 Å². The van der Waals surface area contributed by atoms with E-state index in [0.717, 1.165) is 37.0 Å². The van der Waals surface area contributed by atoms with Crippen LogP contribution >= 0.6 is 0 Å². The standard InChI is InChI=1S/C22H24F2O/c1-3-5-6-7-18-12-13-19(22(24)21(18)23)11-8-17-9-14-20(15-10-17)25-16-4-2/h9-10,12-15H,3-7,16H2,1-2H3. The molecule has 0 saturated heterocycles. The zero-order chi connectivity index (χ0) is 18.1. The summed E-state index contributed by atoms with van der Waals surface area (Å²) in [7, 11) is 0. The highest BCUT2D eigenvalue weighted by Crippen LogP contribution is 2.18. The Kier molecular flexibility index (Phi) is 7.47. The third-order valence-electron chi connectivity index (χ3n) is 3.88. The SMILES string of the molecule is CCCCCc1ccc(C#Cc2ccc(OCCC)cc2)c(F)c1F. The molecular formula is C22H24F2O. The average Bonchev–Trinajstić information content (AvgIpc) is 2.64. The first-order valence-corrected chi connectivity index (χ1v) is 8.87. The van der Waals surface area contributed by atoms with E-state index < -0.39 is 11.6 Å². The number of aryl methyl sites for hydroxylation is 1. The van der Waals surface area contributed by atoms with Crippen LogP contribution in [-0.4, -0.2) is 6.61 Å². The molecule has 0 aromatic heterocycles. The van der Waals surface area contributed by atoms with E-state index in [1.807, 2.05) is 31.2 Å². The predicted octanol–water partition coefficient (Wildman–Crippen LogP) is 5.89. The third-order valence-corrected chi connectivity index (χ3v) is 3.88. The molecule has 2 aromatic rings. The van der Waals surface area contributed by atoms with Crippen molar-refractivity contribution in [3.05, 3.63) is 64.7 Å². The number of halogens is 2. The normalized spacial score (nSPS) is 10.2. The number of hydrogen-bond donors (Lipinski definition) is 0. The molecule has 132 valence electrons. The van der Waals surface area contributed by atoms with Gasteiger partial charge < -0.3 is 4.74 Å². The van der Waals surface area contributed by atoms with Gasteiger partial charge in [-0.25, -0.2) is 8.78 Å². The quantitative estimate of drug-likeness (QED) is 0.450. The molecule has 0 bridgehead atoms. The van der Waals surface area contributed by atoms with Gasteiger partial charge in [-0.3, -0.25) is 0 Å². The fraction of sp³-hybridized carbons (Fsp3) is 0.364. The van der Waals surface area contributed by atoms with Crippen molar-refractivity contribution in [3.63, 3.8) is 0 Å². The molecule has 0 N–H and O–H groups in total. The van der Waals surface area contributed by atoms with E-state index in [2.05, 4.69) is 18.8 Å². The number of unbranched alkanes of at least 4 members (excludes halogenated alkanes) is 2. The highest BCUT2D eigenvalue weighted by molar-refractivity contribution is 5.45. The fourth-order valence-corrected chi connectivity index (χ4v) is 2.44. The lowest BCUT2D eigenvalue weighted by molar-refractivity contribution is 0.317. The van der Waals surface area contributed by atoms with Gasteiger partial charge in [0.2, 0.25) is 0 Å². The summed E-state index contributed by atoms with van der Waals surface area (Å²) in [4.78, 5) is 0. The number of hydrogen-bond acceptors (Lipinski definition) is 1. The average molecular weight is 342 g/mol. The van der Waals surface area contributed by atoms with Crippen LogP contribution in [0.1, 0.15) is 56.2 Å². The minimum absolute atomic E-state index is 0.0862. The number of benzene rings is 2. The molecule has 1 nitrogen and oxygen atoms in total. The number of rotatable bonds is 7. The van der Waals surface area contributed by atoms with Crippen molar-refractivity contribution in [2.75, 3.05) is 6.61 Å². The maximum absolute atomic E-state index is 14.2. The second kappa shape index (κ2) is 9.84. The molecule has 0 amide bonds. The van der Waals surface area contributed by atoms with E-state index in [9.17, 15) is 8.78 Å². The molecule has 0 radical (unpaired) electrons. The molecule has 0 atom stereocenters. The second-order valence-electron chi connectivity index (χ2n) is 5.98. The van der Waals surface area contributed by atoms with Crippen LogP contribution in [0.25, 0.3) is 0 Å². The van der Waals surface area contributed by atoms with Gasteiger partial charge >= 0.3 is 0 Å². The molecule has 0 spiro atoms. The van der Waals surface area contributed by atoms with Crippen molar-refractivity contribution in [1.82, 2.24) is 0 Å². The van der Waals surface area contributed by atoms with Gasteiger partial charge in [0.05, 0.1) is 12.2 Å². The van der Waals surface area contributed by atoms with Gasteiger partial charge in [-0.15, -0.1) is 0 Å². The largest absolute Gasteiger partial charge is 0.494 e. The lowest BCUT2D eigenvalue weighted by Crippen LogP contribution is -1.98. The highest BCUT2D eigenvalue weighted by Gasteiger charge is 2.11. The van der Waals surface area contributed by atoms with Gasteiger partial charge in [0.15, 0.2) is 11.6 Å². The summed E-state index contributed by atoms with van der Waals surface area (Å²) in [5, 5.41) is 0. The molecular weight excluding hydrogens is 318 g/mol. The fourth-order valence-electron chi connectivity index (χ4n) is 2.44. The Labute approximate surface area is 149 Å². The maximum atomic E-state index is 14.2. The first kappa shape index (κ1) is 19.0. The van der Waals surface area contributed by atoms with Crippen LogP contribution in [0.15, 0.2) is 36.4 Å². The zero-order valence-corrected chi connectivity index (χ0v) is 14.9. The van der Waals surface area contributed by atoms with Crippen LogP contribution in [0.3, 0.4) is 0 Å². The van der Waals surface area contributed by atoms with Crippen molar-refractivity contribution in [3.8, 4) is 17.6 Å². The topological polar surface area (TPSA) is 9.23 Å². The predicted molar refractivity (Wildman–Crippen MR) is 97.8 cm³/mol. The minimum atomic E-state index is -0.857. The van der Waals surface area contributed by atoms with E-state index in [1.54, 1.807) is 12.1 Å².